The van der Waals surface area contributed by atoms with Crippen molar-refractivity contribution in [1.29, 1.82) is 0 Å². The summed E-state index contributed by atoms with van der Waals surface area (Å²) in [4.78, 5) is 29.8. The number of aryl methyl sites for hydroxylation is 1. The van der Waals surface area contributed by atoms with Crippen LogP contribution in [0, 0.1) is 6.92 Å². The zero-order chi connectivity index (χ0) is 20.7. The van der Waals surface area contributed by atoms with Gasteiger partial charge in [0.2, 0.25) is 0 Å². The van der Waals surface area contributed by atoms with Crippen LogP contribution in [-0.4, -0.2) is 25.1 Å². The van der Waals surface area contributed by atoms with Gasteiger partial charge in [-0.3, -0.25) is 9.20 Å². The van der Waals surface area contributed by atoms with Crippen LogP contribution in [0.2, 0.25) is 0 Å². The summed E-state index contributed by atoms with van der Waals surface area (Å²) in [5, 5.41) is 4.63. The summed E-state index contributed by atoms with van der Waals surface area (Å²) >= 11 is 0. The molecule has 1 fully saturated rings. The van der Waals surface area contributed by atoms with Crippen molar-refractivity contribution < 1.29 is 9.53 Å². The van der Waals surface area contributed by atoms with Crippen LogP contribution < -0.4 is 5.56 Å². The zero-order valence-electron chi connectivity index (χ0n) is 16.5. The van der Waals surface area contributed by atoms with Gasteiger partial charge in [0, 0.05) is 17.7 Å². The van der Waals surface area contributed by atoms with Gasteiger partial charge in [-0.15, -0.1) is 0 Å². The Hall–Kier alpha value is -3.74. The van der Waals surface area contributed by atoms with E-state index in [1.54, 1.807) is 16.8 Å². The molecule has 0 atom stereocenters. The molecule has 1 aliphatic carbocycles. The fourth-order valence-electron chi connectivity index (χ4n) is 3.54. The SMILES string of the molecule is Cc1cccc2nc(COC(=O)c3cc(C4CC4)nn3-c3ccccc3)cc(=O)n12. The van der Waals surface area contributed by atoms with Crippen LogP contribution in [0.15, 0.2) is 65.5 Å². The van der Waals surface area contributed by atoms with E-state index in [0.29, 0.717) is 23.0 Å². The lowest BCUT2D eigenvalue weighted by atomic mass is 10.2. The fourth-order valence-corrected chi connectivity index (χ4v) is 3.54. The molecule has 150 valence electrons. The number of nitrogens with zero attached hydrogens (tertiary/aromatic N) is 4. The van der Waals surface area contributed by atoms with Crippen LogP contribution in [0.3, 0.4) is 0 Å². The molecular weight excluding hydrogens is 380 g/mol. The maximum atomic E-state index is 12.9. The van der Waals surface area contributed by atoms with E-state index in [2.05, 4.69) is 10.1 Å². The topological polar surface area (TPSA) is 78.5 Å². The molecule has 3 heterocycles. The molecule has 7 nitrogen and oxygen atoms in total. The highest BCUT2D eigenvalue weighted by molar-refractivity contribution is 5.88. The number of rotatable bonds is 5. The van der Waals surface area contributed by atoms with E-state index in [1.165, 1.54) is 10.5 Å². The highest BCUT2D eigenvalue weighted by atomic mass is 16.5. The van der Waals surface area contributed by atoms with Gasteiger partial charge < -0.3 is 4.74 Å². The highest BCUT2D eigenvalue weighted by Crippen LogP contribution is 2.39. The maximum absolute atomic E-state index is 12.9. The van der Waals surface area contributed by atoms with Crippen LogP contribution in [0.1, 0.15) is 46.3 Å². The molecule has 3 aromatic heterocycles. The molecule has 1 aliphatic rings. The Labute approximate surface area is 172 Å². The Bertz CT molecular complexity index is 1300. The Morgan fingerprint density at radius 3 is 2.67 bits per heavy atom. The van der Waals surface area contributed by atoms with Crippen molar-refractivity contribution in [1.82, 2.24) is 19.2 Å². The second-order valence-electron chi connectivity index (χ2n) is 7.50. The number of hydrogen-bond acceptors (Lipinski definition) is 5. The minimum absolute atomic E-state index is 0.0861. The summed E-state index contributed by atoms with van der Waals surface area (Å²) in [5.41, 5.74) is 3.61. The molecule has 7 heteroatoms. The number of carbonyl (C=O) groups excluding carboxylic acids is 1. The van der Waals surface area contributed by atoms with E-state index in [0.717, 1.165) is 29.9 Å². The van der Waals surface area contributed by atoms with Gasteiger partial charge in [-0.25, -0.2) is 14.5 Å². The first-order valence-electron chi connectivity index (χ1n) is 9.91. The number of hydrogen-bond donors (Lipinski definition) is 0. The molecule has 0 saturated heterocycles. The van der Waals surface area contributed by atoms with Gasteiger partial charge in [0.1, 0.15) is 12.3 Å². The predicted molar refractivity (Wildman–Crippen MR) is 111 cm³/mol. The van der Waals surface area contributed by atoms with Crippen molar-refractivity contribution in [2.45, 2.75) is 32.3 Å². The third-order valence-electron chi connectivity index (χ3n) is 5.22. The number of para-hydroxylation sites is 1. The molecule has 1 aromatic carbocycles. The largest absolute Gasteiger partial charge is 0.454 e. The number of pyridine rings is 1. The van der Waals surface area contributed by atoms with Crippen LogP contribution >= 0.6 is 0 Å². The Morgan fingerprint density at radius 2 is 1.90 bits per heavy atom. The van der Waals surface area contributed by atoms with Crippen LogP contribution in [0.4, 0.5) is 0 Å². The van der Waals surface area contributed by atoms with Crippen molar-refractivity contribution in [3.05, 3.63) is 93.8 Å². The van der Waals surface area contributed by atoms with Crippen molar-refractivity contribution in [3.63, 3.8) is 0 Å². The van der Waals surface area contributed by atoms with Gasteiger partial charge in [-0.05, 0) is 50.1 Å². The van der Waals surface area contributed by atoms with Gasteiger partial charge >= 0.3 is 5.97 Å². The normalized spacial score (nSPS) is 13.5. The van der Waals surface area contributed by atoms with Crippen molar-refractivity contribution in [2.24, 2.45) is 0 Å². The summed E-state index contributed by atoms with van der Waals surface area (Å²) in [5.74, 6) is -0.0866. The first-order chi connectivity index (χ1) is 14.6. The minimum atomic E-state index is -0.496. The number of carbonyl (C=O) groups is 1. The van der Waals surface area contributed by atoms with Gasteiger partial charge in [0.15, 0.2) is 5.69 Å². The van der Waals surface area contributed by atoms with E-state index in [4.69, 9.17) is 4.74 Å². The summed E-state index contributed by atoms with van der Waals surface area (Å²) < 4.78 is 8.67. The van der Waals surface area contributed by atoms with E-state index < -0.39 is 5.97 Å². The predicted octanol–water partition coefficient (Wildman–Crippen LogP) is 3.42. The van der Waals surface area contributed by atoms with Crippen molar-refractivity contribution in [3.8, 4) is 5.69 Å². The molecule has 5 rings (SSSR count). The summed E-state index contributed by atoms with van der Waals surface area (Å²) in [6.07, 6.45) is 2.18. The average molecular weight is 400 g/mol. The lowest BCUT2D eigenvalue weighted by Crippen LogP contribution is -2.19. The molecule has 4 aromatic rings. The Kier molecular flexibility index (Phi) is 4.43. The standard InChI is InChI=1S/C23H20N4O3/c1-15-6-5-9-21-24-17(12-22(28)26(15)21)14-30-23(29)20-13-19(16-10-11-16)25-27(20)18-7-3-2-4-8-18/h2-9,12-13,16H,10-11,14H2,1H3. The van der Waals surface area contributed by atoms with Gasteiger partial charge in [0.05, 0.1) is 17.1 Å². The van der Waals surface area contributed by atoms with Crippen molar-refractivity contribution in [2.75, 3.05) is 0 Å². The van der Waals surface area contributed by atoms with Crippen LogP contribution in [0.25, 0.3) is 11.3 Å². The molecule has 0 bridgehead atoms. The first kappa shape index (κ1) is 18.3. The van der Waals surface area contributed by atoms with Gasteiger partial charge in [0.25, 0.3) is 5.56 Å². The lowest BCUT2D eigenvalue weighted by Gasteiger charge is -2.09. The van der Waals surface area contributed by atoms with Crippen molar-refractivity contribution >= 4 is 11.6 Å². The molecule has 1 saturated carbocycles. The fraction of sp³-hybridized carbons (Fsp3) is 0.217. The number of esters is 1. The molecule has 0 radical (unpaired) electrons. The third-order valence-corrected chi connectivity index (χ3v) is 5.22. The number of fused-ring (bicyclic) bond motifs is 1. The summed E-state index contributed by atoms with van der Waals surface area (Å²) in [6, 6.07) is 18.2. The Balaban J connectivity index is 1.42. The van der Waals surface area contributed by atoms with Crippen LogP contribution in [0.5, 0.6) is 0 Å². The highest BCUT2D eigenvalue weighted by Gasteiger charge is 2.29. The number of ether oxygens (including phenoxy) is 1. The molecule has 0 amide bonds. The molecule has 0 N–H and O–H groups in total. The van der Waals surface area contributed by atoms with Gasteiger partial charge in [-0.2, -0.15) is 5.10 Å². The Morgan fingerprint density at radius 1 is 1.10 bits per heavy atom. The monoisotopic (exact) mass is 400 g/mol. The maximum Gasteiger partial charge on any atom is 0.357 e. The van der Waals surface area contributed by atoms with E-state index in [1.807, 2.05) is 49.4 Å². The molecule has 0 spiro atoms. The molecular formula is C23H20N4O3. The average Bonchev–Trinajstić information content (AvgIpc) is 3.51. The van der Waals surface area contributed by atoms with E-state index >= 15 is 0 Å². The summed E-state index contributed by atoms with van der Waals surface area (Å²) in [6.45, 7) is 1.76. The van der Waals surface area contributed by atoms with E-state index in [9.17, 15) is 9.59 Å². The summed E-state index contributed by atoms with van der Waals surface area (Å²) in [7, 11) is 0. The number of aromatic nitrogens is 4. The zero-order valence-corrected chi connectivity index (χ0v) is 16.5. The lowest BCUT2D eigenvalue weighted by molar-refractivity contribution is 0.0457. The first-order valence-corrected chi connectivity index (χ1v) is 9.91. The minimum Gasteiger partial charge on any atom is -0.454 e. The third kappa shape index (κ3) is 3.39. The molecule has 0 aliphatic heterocycles. The second kappa shape index (κ2) is 7.26. The molecule has 30 heavy (non-hydrogen) atoms. The second-order valence-corrected chi connectivity index (χ2v) is 7.50. The van der Waals surface area contributed by atoms with Crippen LogP contribution in [-0.2, 0) is 11.3 Å². The number of benzene rings is 1. The van der Waals surface area contributed by atoms with E-state index in [-0.39, 0.29) is 12.2 Å². The smallest absolute Gasteiger partial charge is 0.357 e. The molecule has 0 unspecified atom stereocenters. The van der Waals surface area contributed by atoms with Gasteiger partial charge in [-0.1, -0.05) is 24.3 Å². The quantitative estimate of drug-likeness (QED) is 0.480.